The Labute approximate surface area is 72.1 Å². The van der Waals surface area contributed by atoms with Gasteiger partial charge >= 0.3 is 5.69 Å². The van der Waals surface area contributed by atoms with Crippen LogP contribution in [0.5, 0.6) is 0 Å². The van der Waals surface area contributed by atoms with E-state index in [1.807, 2.05) is 0 Å². The number of carbonyl (C=O) groups is 1. The number of hydrogen-bond acceptors (Lipinski definition) is 4. The molecule has 1 aromatic rings. The van der Waals surface area contributed by atoms with Crippen LogP contribution in [-0.2, 0) is 11.8 Å². The molecule has 0 bridgehead atoms. The average molecular weight is 188 g/mol. The van der Waals surface area contributed by atoms with Crippen LogP contribution < -0.4 is 11.4 Å². The van der Waals surface area contributed by atoms with E-state index in [9.17, 15) is 9.59 Å². The summed E-state index contributed by atoms with van der Waals surface area (Å²) in [6, 6.07) is 0. The van der Waals surface area contributed by atoms with E-state index in [2.05, 4.69) is 10.1 Å². The van der Waals surface area contributed by atoms with E-state index >= 15 is 0 Å². The summed E-state index contributed by atoms with van der Waals surface area (Å²) in [5.74, 6) is -0.312. The number of H-pyrrole nitrogens is 1. The minimum atomic E-state index is -0.435. The number of aromatic nitrogens is 3. The zero-order valence-corrected chi connectivity index (χ0v) is 7.22. The van der Waals surface area contributed by atoms with Gasteiger partial charge in [-0.3, -0.25) is 9.48 Å². The van der Waals surface area contributed by atoms with Crippen LogP contribution in [0.15, 0.2) is 9.95 Å². The Hall–Kier alpha value is -1.24. The monoisotopic (exact) mass is 188 g/mol. The summed E-state index contributed by atoms with van der Waals surface area (Å²) in [6.07, 6.45) is 0. The van der Waals surface area contributed by atoms with Gasteiger partial charge in [-0.05, 0) is 0 Å². The second-order valence-electron chi connectivity index (χ2n) is 2.13. The molecule has 0 aromatic carbocycles. The summed E-state index contributed by atoms with van der Waals surface area (Å²) in [7, 11) is 1.64. The highest BCUT2D eigenvalue weighted by atomic mass is 32.2. The molecule has 0 fully saturated rings. The van der Waals surface area contributed by atoms with Crippen molar-refractivity contribution in [2.24, 2.45) is 12.8 Å². The molecule has 1 rings (SSSR count). The van der Waals surface area contributed by atoms with Gasteiger partial charge in [0.2, 0.25) is 5.91 Å². The Morgan fingerprint density at radius 3 is 2.92 bits per heavy atom. The zero-order valence-electron chi connectivity index (χ0n) is 6.40. The van der Waals surface area contributed by atoms with E-state index in [1.54, 1.807) is 7.05 Å². The highest BCUT2D eigenvalue weighted by Gasteiger charge is 2.04. The Morgan fingerprint density at radius 2 is 2.50 bits per heavy atom. The normalized spacial score (nSPS) is 10.1. The highest BCUT2D eigenvalue weighted by molar-refractivity contribution is 7.99. The molecule has 0 saturated carbocycles. The van der Waals surface area contributed by atoms with Gasteiger partial charge in [-0.2, -0.15) is 4.98 Å². The number of rotatable bonds is 3. The van der Waals surface area contributed by atoms with Crippen LogP contribution in [0.1, 0.15) is 0 Å². The molecule has 0 saturated heterocycles. The van der Waals surface area contributed by atoms with Crippen LogP contribution in [0.2, 0.25) is 0 Å². The van der Waals surface area contributed by atoms with E-state index in [1.165, 1.54) is 4.68 Å². The van der Waals surface area contributed by atoms with Crippen LogP contribution in [0.4, 0.5) is 0 Å². The lowest BCUT2D eigenvalue weighted by Crippen LogP contribution is -2.13. The van der Waals surface area contributed by atoms with E-state index in [0.717, 1.165) is 11.8 Å². The van der Waals surface area contributed by atoms with Crippen LogP contribution in [0.25, 0.3) is 0 Å². The predicted octanol–water partition coefficient (Wildman–Crippen LogP) is -1.31. The van der Waals surface area contributed by atoms with E-state index in [-0.39, 0.29) is 5.75 Å². The Morgan fingerprint density at radius 1 is 1.83 bits per heavy atom. The minimum absolute atomic E-state index is 0.123. The topological polar surface area (TPSA) is 93.8 Å². The molecule has 1 aromatic heterocycles. The molecule has 1 amide bonds. The SMILES string of the molecule is Cn1[nH]c(=O)nc1SCC(N)=O. The highest BCUT2D eigenvalue weighted by Crippen LogP contribution is 2.10. The number of primary amides is 1. The number of nitrogens with one attached hydrogen (secondary N) is 1. The lowest BCUT2D eigenvalue weighted by molar-refractivity contribution is -0.115. The molecule has 0 aliphatic rings. The molecule has 7 heteroatoms. The third kappa shape index (κ3) is 2.12. The molecule has 0 spiro atoms. The summed E-state index contributed by atoms with van der Waals surface area (Å²) in [5, 5.41) is 2.87. The van der Waals surface area contributed by atoms with Crippen molar-refractivity contribution in [2.75, 3.05) is 5.75 Å². The van der Waals surface area contributed by atoms with Crippen molar-refractivity contribution >= 4 is 17.7 Å². The molecule has 0 radical (unpaired) electrons. The number of aromatic amines is 1. The standard InChI is InChI=1S/C5H8N4O2S/c1-9-5(7-4(11)8-9)12-2-3(6)10/h2H2,1H3,(H2,6,10)(H,8,11). The molecule has 6 nitrogen and oxygen atoms in total. The maximum Gasteiger partial charge on any atom is 0.362 e. The lowest BCUT2D eigenvalue weighted by Gasteiger charge is -1.95. The molecule has 1 heterocycles. The number of amides is 1. The first kappa shape index (κ1) is 8.85. The molecule has 0 atom stereocenters. The molecule has 0 aliphatic carbocycles. The van der Waals surface area contributed by atoms with Crippen LogP contribution in [-0.4, -0.2) is 26.4 Å². The summed E-state index contributed by atoms with van der Waals surface area (Å²) < 4.78 is 1.44. The fraction of sp³-hybridized carbons (Fsp3) is 0.400. The number of aryl methyl sites for hydroxylation is 1. The summed E-state index contributed by atoms with van der Waals surface area (Å²) in [5.41, 5.74) is 4.49. The van der Waals surface area contributed by atoms with E-state index in [0.29, 0.717) is 5.16 Å². The number of hydrogen-bond donors (Lipinski definition) is 2. The van der Waals surface area contributed by atoms with Crippen LogP contribution >= 0.6 is 11.8 Å². The fourth-order valence-corrected chi connectivity index (χ4v) is 1.30. The molecule has 0 unspecified atom stereocenters. The molecular weight excluding hydrogens is 180 g/mol. The van der Waals surface area contributed by atoms with Crippen molar-refractivity contribution in [1.29, 1.82) is 0 Å². The second kappa shape index (κ2) is 3.44. The number of nitrogens with two attached hydrogens (primary N) is 1. The molecule has 3 N–H and O–H groups in total. The minimum Gasteiger partial charge on any atom is -0.369 e. The van der Waals surface area contributed by atoms with E-state index < -0.39 is 11.6 Å². The Kier molecular flexibility index (Phi) is 2.54. The predicted molar refractivity (Wildman–Crippen MR) is 43.7 cm³/mol. The van der Waals surface area contributed by atoms with Gasteiger partial charge in [0.15, 0.2) is 5.16 Å². The Bertz CT molecular complexity index is 341. The molecular formula is C5H8N4O2S. The molecule has 0 aliphatic heterocycles. The average Bonchev–Trinajstić information content (AvgIpc) is 2.26. The number of carbonyl (C=O) groups excluding carboxylic acids is 1. The second-order valence-corrected chi connectivity index (χ2v) is 3.07. The van der Waals surface area contributed by atoms with Gasteiger partial charge in [0.1, 0.15) is 0 Å². The smallest absolute Gasteiger partial charge is 0.362 e. The third-order valence-corrected chi connectivity index (χ3v) is 2.14. The van der Waals surface area contributed by atoms with Crippen molar-refractivity contribution in [2.45, 2.75) is 5.16 Å². The Balaban J connectivity index is 2.69. The quantitative estimate of drug-likeness (QED) is 0.575. The van der Waals surface area contributed by atoms with Gasteiger partial charge in [0.25, 0.3) is 0 Å². The van der Waals surface area contributed by atoms with E-state index in [4.69, 9.17) is 5.73 Å². The maximum atomic E-state index is 10.6. The van der Waals surface area contributed by atoms with Gasteiger partial charge in [0.05, 0.1) is 5.75 Å². The van der Waals surface area contributed by atoms with Gasteiger partial charge < -0.3 is 5.73 Å². The first-order chi connectivity index (χ1) is 5.59. The maximum absolute atomic E-state index is 10.6. The van der Waals surface area contributed by atoms with Crippen molar-refractivity contribution in [3.05, 3.63) is 10.5 Å². The van der Waals surface area contributed by atoms with Crippen molar-refractivity contribution < 1.29 is 4.79 Å². The zero-order chi connectivity index (χ0) is 9.14. The molecule has 66 valence electrons. The van der Waals surface area contributed by atoms with Gasteiger partial charge in [0, 0.05) is 7.05 Å². The fourth-order valence-electron chi connectivity index (χ4n) is 0.643. The summed E-state index contributed by atoms with van der Waals surface area (Å²) in [4.78, 5) is 24.6. The lowest BCUT2D eigenvalue weighted by atomic mass is 10.8. The van der Waals surface area contributed by atoms with Crippen LogP contribution in [0, 0.1) is 0 Å². The third-order valence-electron chi connectivity index (χ3n) is 1.09. The van der Waals surface area contributed by atoms with Gasteiger partial charge in [-0.25, -0.2) is 9.89 Å². The van der Waals surface area contributed by atoms with Crippen molar-refractivity contribution in [1.82, 2.24) is 14.8 Å². The summed E-state index contributed by atoms with van der Waals surface area (Å²) >= 11 is 1.12. The largest absolute Gasteiger partial charge is 0.369 e. The molecule has 12 heavy (non-hydrogen) atoms. The number of nitrogens with zero attached hydrogens (tertiary/aromatic N) is 2. The van der Waals surface area contributed by atoms with Gasteiger partial charge in [-0.1, -0.05) is 11.8 Å². The van der Waals surface area contributed by atoms with Gasteiger partial charge in [-0.15, -0.1) is 0 Å². The van der Waals surface area contributed by atoms with Crippen molar-refractivity contribution in [3.8, 4) is 0 Å². The number of thioether (sulfide) groups is 1. The summed E-state index contributed by atoms with van der Waals surface area (Å²) in [6.45, 7) is 0. The first-order valence-electron chi connectivity index (χ1n) is 3.13. The van der Waals surface area contributed by atoms with Crippen LogP contribution in [0.3, 0.4) is 0 Å². The van der Waals surface area contributed by atoms with Crippen molar-refractivity contribution in [3.63, 3.8) is 0 Å². The first-order valence-corrected chi connectivity index (χ1v) is 4.12.